The number of carbonyl (C=O) groups excluding carboxylic acids is 1. The number of carbonyl (C=O) groups is 1. The number of hydrogen-bond acceptors (Lipinski definition) is 4. The molecule has 3 N–H and O–H groups in total. The Balaban J connectivity index is 2.06. The summed E-state index contributed by atoms with van der Waals surface area (Å²) in [5, 5.41) is 2.75. The summed E-state index contributed by atoms with van der Waals surface area (Å²) in [5.74, 6) is 0.486. The van der Waals surface area contributed by atoms with Crippen molar-refractivity contribution in [3.63, 3.8) is 0 Å². The molecule has 1 heterocycles. The fourth-order valence-electron chi connectivity index (χ4n) is 1.75. The summed E-state index contributed by atoms with van der Waals surface area (Å²) in [4.78, 5) is 23.4. The molecule has 0 atom stereocenters. The molecule has 21 heavy (non-hydrogen) atoms. The first-order chi connectivity index (χ1) is 9.99. The number of aromatic nitrogens is 1. The van der Waals surface area contributed by atoms with Crippen LogP contribution in [0.15, 0.2) is 45.9 Å². The van der Waals surface area contributed by atoms with Crippen molar-refractivity contribution in [2.24, 2.45) is 0 Å². The van der Waals surface area contributed by atoms with Gasteiger partial charge in [-0.3, -0.25) is 9.59 Å². The molecule has 2 aromatic rings. The maximum atomic E-state index is 11.9. The number of hydrogen-bond donors (Lipinski definition) is 2. The minimum Gasteiger partial charge on any atom is -0.497 e. The SMILES string of the molecule is COc1ccc(NC(=O)Cn2cc(N)c(=O)c(Br)c2)cc1. The van der Waals surface area contributed by atoms with Gasteiger partial charge in [-0.05, 0) is 40.2 Å². The lowest BCUT2D eigenvalue weighted by Crippen LogP contribution is -2.21. The van der Waals surface area contributed by atoms with Crippen LogP contribution in [-0.4, -0.2) is 17.6 Å². The fourth-order valence-corrected chi connectivity index (χ4v) is 2.24. The van der Waals surface area contributed by atoms with Gasteiger partial charge < -0.3 is 20.4 Å². The number of anilines is 2. The number of halogens is 1. The van der Waals surface area contributed by atoms with E-state index in [4.69, 9.17) is 10.5 Å². The van der Waals surface area contributed by atoms with Gasteiger partial charge in [-0.1, -0.05) is 0 Å². The fraction of sp³-hybridized carbons (Fsp3) is 0.143. The first-order valence-electron chi connectivity index (χ1n) is 6.08. The molecule has 0 fully saturated rings. The summed E-state index contributed by atoms with van der Waals surface area (Å²) < 4.78 is 6.90. The Hall–Kier alpha value is -2.28. The molecule has 0 spiro atoms. The van der Waals surface area contributed by atoms with Gasteiger partial charge in [0.15, 0.2) is 0 Å². The minimum atomic E-state index is -0.290. The zero-order valence-electron chi connectivity index (χ0n) is 11.3. The van der Waals surface area contributed by atoms with E-state index in [1.54, 1.807) is 35.9 Å². The van der Waals surface area contributed by atoms with Crippen LogP contribution in [0.2, 0.25) is 0 Å². The lowest BCUT2D eigenvalue weighted by atomic mass is 10.3. The van der Waals surface area contributed by atoms with E-state index >= 15 is 0 Å². The normalized spacial score (nSPS) is 10.2. The van der Waals surface area contributed by atoms with Crippen LogP contribution in [0.5, 0.6) is 5.75 Å². The average molecular weight is 352 g/mol. The molecular weight excluding hydrogens is 338 g/mol. The number of ether oxygens (including phenoxy) is 1. The molecule has 0 radical (unpaired) electrons. The largest absolute Gasteiger partial charge is 0.497 e. The zero-order valence-corrected chi connectivity index (χ0v) is 12.9. The van der Waals surface area contributed by atoms with Gasteiger partial charge in [0.05, 0.1) is 17.3 Å². The molecule has 2 rings (SSSR count). The molecule has 1 amide bonds. The van der Waals surface area contributed by atoms with Crippen LogP contribution < -0.4 is 21.2 Å². The highest BCUT2D eigenvalue weighted by atomic mass is 79.9. The highest BCUT2D eigenvalue weighted by Gasteiger charge is 2.07. The van der Waals surface area contributed by atoms with E-state index in [1.807, 2.05) is 0 Å². The lowest BCUT2D eigenvalue weighted by molar-refractivity contribution is -0.116. The van der Waals surface area contributed by atoms with Crippen molar-refractivity contribution in [2.75, 3.05) is 18.2 Å². The highest BCUT2D eigenvalue weighted by molar-refractivity contribution is 9.10. The monoisotopic (exact) mass is 351 g/mol. The van der Waals surface area contributed by atoms with Crippen molar-refractivity contribution in [3.8, 4) is 5.75 Å². The van der Waals surface area contributed by atoms with Crippen LogP contribution in [0.25, 0.3) is 0 Å². The van der Waals surface area contributed by atoms with E-state index in [2.05, 4.69) is 21.2 Å². The maximum Gasteiger partial charge on any atom is 0.244 e. The lowest BCUT2D eigenvalue weighted by Gasteiger charge is -2.09. The molecule has 0 bridgehead atoms. The predicted molar refractivity (Wildman–Crippen MR) is 84.4 cm³/mol. The van der Waals surface area contributed by atoms with E-state index in [1.165, 1.54) is 12.4 Å². The molecule has 0 unspecified atom stereocenters. The van der Waals surface area contributed by atoms with Gasteiger partial charge in [0.2, 0.25) is 11.3 Å². The Morgan fingerprint density at radius 1 is 1.33 bits per heavy atom. The second-order valence-electron chi connectivity index (χ2n) is 4.34. The third kappa shape index (κ3) is 3.85. The second-order valence-corrected chi connectivity index (χ2v) is 5.19. The Kier molecular flexibility index (Phi) is 4.64. The quantitative estimate of drug-likeness (QED) is 0.879. The second kappa shape index (κ2) is 6.45. The molecule has 0 saturated heterocycles. The average Bonchev–Trinajstić information content (AvgIpc) is 2.45. The standard InChI is InChI=1S/C14H14BrN3O3/c1-21-10-4-2-9(3-5-10)17-13(19)8-18-6-11(15)14(20)12(16)7-18/h2-7H,8,16H2,1H3,(H,17,19). The summed E-state index contributed by atoms with van der Waals surface area (Å²) in [6.07, 6.45) is 2.95. The molecule has 6 nitrogen and oxygen atoms in total. The van der Waals surface area contributed by atoms with Gasteiger partial charge in [-0.2, -0.15) is 0 Å². The van der Waals surface area contributed by atoms with Crippen LogP contribution in [0.3, 0.4) is 0 Å². The first kappa shape index (κ1) is 15.1. The molecule has 0 aliphatic rings. The van der Waals surface area contributed by atoms with Gasteiger partial charge in [-0.25, -0.2) is 0 Å². The predicted octanol–water partition coefficient (Wildman–Crippen LogP) is 1.84. The van der Waals surface area contributed by atoms with E-state index in [0.717, 1.165) is 0 Å². The molecule has 110 valence electrons. The Morgan fingerprint density at radius 3 is 2.57 bits per heavy atom. The van der Waals surface area contributed by atoms with Gasteiger partial charge >= 0.3 is 0 Å². The van der Waals surface area contributed by atoms with Gasteiger partial charge in [0.1, 0.15) is 12.3 Å². The van der Waals surface area contributed by atoms with Gasteiger partial charge in [-0.15, -0.1) is 0 Å². The molecule has 7 heteroatoms. The van der Waals surface area contributed by atoms with Crippen LogP contribution in [-0.2, 0) is 11.3 Å². The summed E-state index contributed by atoms with van der Waals surface area (Å²) in [7, 11) is 1.58. The smallest absolute Gasteiger partial charge is 0.244 e. The Morgan fingerprint density at radius 2 is 2.00 bits per heavy atom. The molecular formula is C14H14BrN3O3. The van der Waals surface area contributed by atoms with Crippen molar-refractivity contribution < 1.29 is 9.53 Å². The van der Waals surface area contributed by atoms with E-state index in [-0.39, 0.29) is 23.6 Å². The summed E-state index contributed by atoms with van der Waals surface area (Å²) in [5.41, 5.74) is 6.03. The maximum absolute atomic E-state index is 11.9. The van der Waals surface area contributed by atoms with Crippen molar-refractivity contribution in [1.82, 2.24) is 4.57 Å². The third-order valence-corrected chi connectivity index (χ3v) is 3.33. The van der Waals surface area contributed by atoms with Crippen LogP contribution in [0, 0.1) is 0 Å². The number of pyridine rings is 1. The van der Waals surface area contributed by atoms with Crippen molar-refractivity contribution in [2.45, 2.75) is 6.54 Å². The van der Waals surface area contributed by atoms with Crippen LogP contribution >= 0.6 is 15.9 Å². The van der Waals surface area contributed by atoms with Crippen molar-refractivity contribution in [1.29, 1.82) is 0 Å². The van der Waals surface area contributed by atoms with Gasteiger partial charge in [0.25, 0.3) is 0 Å². The number of benzene rings is 1. The number of amides is 1. The van der Waals surface area contributed by atoms with Crippen LogP contribution in [0.4, 0.5) is 11.4 Å². The first-order valence-corrected chi connectivity index (χ1v) is 6.88. The number of nitrogens with one attached hydrogen (secondary N) is 1. The number of nitrogens with zero attached hydrogens (tertiary/aromatic N) is 1. The van der Waals surface area contributed by atoms with E-state index in [0.29, 0.717) is 15.9 Å². The van der Waals surface area contributed by atoms with E-state index in [9.17, 15) is 9.59 Å². The number of nitrogens with two attached hydrogens (primary N) is 1. The van der Waals surface area contributed by atoms with E-state index < -0.39 is 0 Å². The highest BCUT2D eigenvalue weighted by Crippen LogP contribution is 2.15. The molecule has 1 aromatic carbocycles. The molecule has 0 saturated carbocycles. The topological polar surface area (TPSA) is 86.3 Å². The Bertz CT molecular complexity index is 684. The Labute approximate surface area is 129 Å². The van der Waals surface area contributed by atoms with Crippen LogP contribution in [0.1, 0.15) is 0 Å². The number of nitrogen functional groups attached to an aromatic ring is 1. The molecule has 0 aliphatic carbocycles. The minimum absolute atomic E-state index is 0.0507. The summed E-state index contributed by atoms with van der Waals surface area (Å²) in [6.45, 7) is 0.0507. The summed E-state index contributed by atoms with van der Waals surface area (Å²) in [6, 6.07) is 6.99. The summed E-state index contributed by atoms with van der Waals surface area (Å²) >= 11 is 3.11. The number of rotatable bonds is 4. The van der Waals surface area contributed by atoms with Gasteiger partial charge in [0, 0.05) is 18.1 Å². The molecule has 1 aromatic heterocycles. The zero-order chi connectivity index (χ0) is 15.4. The third-order valence-electron chi connectivity index (χ3n) is 2.76. The molecule has 0 aliphatic heterocycles. The number of methoxy groups -OCH3 is 1. The van der Waals surface area contributed by atoms with Crippen molar-refractivity contribution >= 4 is 33.2 Å². The van der Waals surface area contributed by atoms with Crippen molar-refractivity contribution in [3.05, 3.63) is 51.4 Å².